The fraction of sp³-hybridized carbons (Fsp3) is 0.500. The minimum Gasteiger partial charge on any atom is -0.240 e. The molecule has 1 atom stereocenters. The zero-order valence-electron chi connectivity index (χ0n) is 8.44. The third kappa shape index (κ3) is 1.78. The average Bonchev–Trinajstić information content (AvgIpc) is 2.20. The first-order chi connectivity index (χ1) is 7.15. The first-order valence-corrected chi connectivity index (χ1v) is 5.26. The van der Waals surface area contributed by atoms with Gasteiger partial charge in [-0.3, -0.25) is 0 Å². The predicted octanol–water partition coefficient (Wildman–Crippen LogP) is 3.60. The maximum Gasteiger partial charge on any atom is 0.129 e. The van der Waals surface area contributed by atoms with Crippen LogP contribution in [0.15, 0.2) is 17.2 Å². The van der Waals surface area contributed by atoms with Crippen molar-refractivity contribution in [1.29, 1.82) is 0 Å². The molecule has 0 N–H and O–H groups in total. The van der Waals surface area contributed by atoms with Crippen molar-refractivity contribution in [2.45, 2.75) is 31.7 Å². The Morgan fingerprint density at radius 3 is 3.13 bits per heavy atom. The monoisotopic (exact) mass is 222 g/mol. The van der Waals surface area contributed by atoms with Gasteiger partial charge in [-0.05, 0) is 43.3 Å². The molecule has 15 heavy (non-hydrogen) atoms. The molecule has 0 bridgehead atoms. The molecular weight excluding hydrogens is 212 g/mol. The average molecular weight is 223 g/mol. The molecule has 78 valence electrons. The standard InChI is InChI=1S/C10H11ClN4/c1-10(14-15-12)6-2-3-7-4-5-8(11)13-9(7)10/h4-5H,2-3,6H2,1H3. The van der Waals surface area contributed by atoms with Crippen LogP contribution in [0, 0.1) is 0 Å². The fourth-order valence-electron chi connectivity index (χ4n) is 2.07. The van der Waals surface area contributed by atoms with Crippen LogP contribution < -0.4 is 0 Å². The molecular formula is C10H11ClN4. The molecule has 5 heteroatoms. The summed E-state index contributed by atoms with van der Waals surface area (Å²) in [5.41, 5.74) is 10.0. The van der Waals surface area contributed by atoms with E-state index in [0.29, 0.717) is 5.15 Å². The van der Waals surface area contributed by atoms with Crippen LogP contribution in [0.1, 0.15) is 31.0 Å². The Labute approximate surface area is 92.9 Å². The van der Waals surface area contributed by atoms with Crippen molar-refractivity contribution in [3.8, 4) is 0 Å². The molecule has 0 fully saturated rings. The van der Waals surface area contributed by atoms with Crippen LogP contribution in [0.5, 0.6) is 0 Å². The van der Waals surface area contributed by atoms with Crippen LogP contribution in [0.4, 0.5) is 0 Å². The summed E-state index contributed by atoms with van der Waals surface area (Å²) in [6, 6.07) is 3.75. The van der Waals surface area contributed by atoms with E-state index in [2.05, 4.69) is 15.0 Å². The number of halogens is 1. The molecule has 1 aliphatic carbocycles. The predicted molar refractivity (Wildman–Crippen MR) is 58.7 cm³/mol. The molecule has 0 saturated carbocycles. The SMILES string of the molecule is CC1(N=[N+]=[N-])CCCc2ccc(Cl)nc21. The molecule has 0 amide bonds. The van der Waals surface area contributed by atoms with Crippen molar-refractivity contribution in [2.75, 3.05) is 0 Å². The molecule has 1 aromatic heterocycles. The largest absolute Gasteiger partial charge is 0.240 e. The second kappa shape index (κ2) is 3.72. The lowest BCUT2D eigenvalue weighted by molar-refractivity contribution is 0.395. The highest BCUT2D eigenvalue weighted by atomic mass is 35.5. The first-order valence-electron chi connectivity index (χ1n) is 4.88. The second-order valence-electron chi connectivity index (χ2n) is 3.96. The van der Waals surface area contributed by atoms with E-state index in [4.69, 9.17) is 17.1 Å². The number of aryl methyl sites for hydroxylation is 1. The number of hydrogen-bond donors (Lipinski definition) is 0. The van der Waals surface area contributed by atoms with Gasteiger partial charge in [0.05, 0.1) is 11.2 Å². The van der Waals surface area contributed by atoms with Gasteiger partial charge in [0.1, 0.15) is 5.15 Å². The van der Waals surface area contributed by atoms with E-state index in [1.165, 1.54) is 0 Å². The summed E-state index contributed by atoms with van der Waals surface area (Å²) in [6.07, 6.45) is 2.83. The highest BCUT2D eigenvalue weighted by Crippen LogP contribution is 2.37. The van der Waals surface area contributed by atoms with Crippen LogP contribution in [-0.4, -0.2) is 4.98 Å². The van der Waals surface area contributed by atoms with E-state index in [0.717, 1.165) is 30.5 Å². The second-order valence-corrected chi connectivity index (χ2v) is 4.35. The third-order valence-corrected chi connectivity index (χ3v) is 3.04. The van der Waals surface area contributed by atoms with Crippen LogP contribution in [0.3, 0.4) is 0 Å². The molecule has 1 aromatic rings. The van der Waals surface area contributed by atoms with Crippen molar-refractivity contribution in [1.82, 2.24) is 4.98 Å². The number of rotatable bonds is 1. The van der Waals surface area contributed by atoms with Gasteiger partial charge in [0.15, 0.2) is 0 Å². The van der Waals surface area contributed by atoms with Gasteiger partial charge in [-0.1, -0.05) is 22.8 Å². The lowest BCUT2D eigenvalue weighted by Crippen LogP contribution is -2.26. The Morgan fingerprint density at radius 1 is 1.60 bits per heavy atom. The Morgan fingerprint density at radius 2 is 2.40 bits per heavy atom. The minimum atomic E-state index is -0.534. The van der Waals surface area contributed by atoms with Gasteiger partial charge in [0, 0.05) is 4.91 Å². The van der Waals surface area contributed by atoms with Crippen molar-refractivity contribution < 1.29 is 0 Å². The summed E-state index contributed by atoms with van der Waals surface area (Å²) < 4.78 is 0. The van der Waals surface area contributed by atoms with Gasteiger partial charge < -0.3 is 0 Å². The van der Waals surface area contributed by atoms with E-state index in [9.17, 15) is 0 Å². The summed E-state index contributed by atoms with van der Waals surface area (Å²) in [4.78, 5) is 7.19. The molecule has 0 saturated heterocycles. The van der Waals surface area contributed by atoms with Crippen LogP contribution in [0.25, 0.3) is 10.4 Å². The highest BCUT2D eigenvalue weighted by Gasteiger charge is 2.32. The Kier molecular flexibility index (Phi) is 2.55. The first kappa shape index (κ1) is 10.3. The molecule has 1 heterocycles. The number of hydrogen-bond acceptors (Lipinski definition) is 2. The molecule has 0 aromatic carbocycles. The fourth-order valence-corrected chi connectivity index (χ4v) is 2.22. The van der Waals surface area contributed by atoms with E-state index < -0.39 is 5.54 Å². The van der Waals surface area contributed by atoms with Gasteiger partial charge >= 0.3 is 0 Å². The Hall–Kier alpha value is -1.25. The molecule has 0 aliphatic heterocycles. The highest BCUT2D eigenvalue weighted by molar-refractivity contribution is 6.29. The topological polar surface area (TPSA) is 61.7 Å². The number of nitrogens with zero attached hydrogens (tertiary/aromatic N) is 4. The van der Waals surface area contributed by atoms with Gasteiger partial charge in [0.25, 0.3) is 0 Å². The summed E-state index contributed by atoms with van der Waals surface area (Å²) in [5, 5.41) is 4.31. The minimum absolute atomic E-state index is 0.454. The smallest absolute Gasteiger partial charge is 0.129 e. The number of pyridine rings is 1. The lowest BCUT2D eigenvalue weighted by atomic mass is 9.82. The molecule has 2 rings (SSSR count). The van der Waals surface area contributed by atoms with Gasteiger partial charge in [-0.15, -0.1) is 0 Å². The van der Waals surface area contributed by atoms with Gasteiger partial charge in [-0.25, -0.2) is 4.98 Å². The van der Waals surface area contributed by atoms with Crippen molar-refractivity contribution in [2.24, 2.45) is 5.11 Å². The lowest BCUT2D eigenvalue weighted by Gasteiger charge is -2.30. The maximum absolute atomic E-state index is 8.58. The zero-order chi connectivity index (χ0) is 10.9. The Balaban J connectivity index is 2.58. The summed E-state index contributed by atoms with van der Waals surface area (Å²) >= 11 is 5.86. The number of azide groups is 1. The summed E-state index contributed by atoms with van der Waals surface area (Å²) in [6.45, 7) is 1.91. The van der Waals surface area contributed by atoms with Gasteiger partial charge in [0.2, 0.25) is 0 Å². The van der Waals surface area contributed by atoms with Crippen molar-refractivity contribution >= 4 is 11.6 Å². The number of fused-ring (bicyclic) bond motifs is 1. The van der Waals surface area contributed by atoms with E-state index in [-0.39, 0.29) is 0 Å². The molecule has 0 spiro atoms. The van der Waals surface area contributed by atoms with Crippen molar-refractivity contribution in [3.63, 3.8) is 0 Å². The van der Waals surface area contributed by atoms with Gasteiger partial charge in [-0.2, -0.15) is 0 Å². The molecule has 1 unspecified atom stereocenters. The van der Waals surface area contributed by atoms with E-state index in [1.54, 1.807) is 6.07 Å². The van der Waals surface area contributed by atoms with E-state index in [1.807, 2.05) is 13.0 Å². The quantitative estimate of drug-likeness (QED) is 0.310. The van der Waals surface area contributed by atoms with Crippen LogP contribution in [-0.2, 0) is 12.0 Å². The number of aromatic nitrogens is 1. The van der Waals surface area contributed by atoms with Crippen LogP contribution >= 0.6 is 11.6 Å². The Bertz CT molecular complexity index is 439. The maximum atomic E-state index is 8.58. The van der Waals surface area contributed by atoms with Crippen LogP contribution in [0.2, 0.25) is 5.15 Å². The molecule has 4 nitrogen and oxygen atoms in total. The molecule has 1 aliphatic rings. The normalized spacial score (nSPS) is 24.1. The summed E-state index contributed by atoms with van der Waals surface area (Å²) in [7, 11) is 0. The summed E-state index contributed by atoms with van der Waals surface area (Å²) in [5.74, 6) is 0. The third-order valence-electron chi connectivity index (χ3n) is 2.83. The zero-order valence-corrected chi connectivity index (χ0v) is 9.20. The van der Waals surface area contributed by atoms with Crippen molar-refractivity contribution in [3.05, 3.63) is 39.0 Å². The molecule has 0 radical (unpaired) electrons. The van der Waals surface area contributed by atoms with E-state index >= 15 is 0 Å².